The molecule has 0 amide bonds. The zero-order valence-corrected chi connectivity index (χ0v) is 15.4. The Morgan fingerprint density at radius 1 is 1.48 bits per heavy atom. The van der Waals surface area contributed by atoms with Gasteiger partial charge in [0.1, 0.15) is 0 Å². The SMILES string of the molecule is CC(C)(C)[Si](C)(C)OC1CCCc2sc(C(N)=NO)cc21. The summed E-state index contributed by atoms with van der Waals surface area (Å²) >= 11 is 1.62. The number of nitrogens with zero attached hydrogens (tertiary/aromatic N) is 1. The van der Waals surface area contributed by atoms with Crippen LogP contribution in [0.25, 0.3) is 0 Å². The Balaban J connectivity index is 2.28. The van der Waals surface area contributed by atoms with Gasteiger partial charge in [0.25, 0.3) is 0 Å². The maximum Gasteiger partial charge on any atom is 0.192 e. The maximum absolute atomic E-state index is 8.85. The van der Waals surface area contributed by atoms with Gasteiger partial charge in [0, 0.05) is 4.88 Å². The minimum absolute atomic E-state index is 0.158. The summed E-state index contributed by atoms with van der Waals surface area (Å²) in [5.74, 6) is 0.195. The number of amidine groups is 1. The van der Waals surface area contributed by atoms with Crippen LogP contribution in [0.2, 0.25) is 18.1 Å². The van der Waals surface area contributed by atoms with E-state index in [1.165, 1.54) is 10.4 Å². The number of fused-ring (bicyclic) bond motifs is 1. The van der Waals surface area contributed by atoms with Gasteiger partial charge in [-0.25, -0.2) is 0 Å². The Hall–Kier alpha value is -0.853. The number of hydrogen-bond acceptors (Lipinski definition) is 4. The zero-order chi connectivity index (χ0) is 15.8. The average molecular weight is 327 g/mol. The van der Waals surface area contributed by atoms with Crippen LogP contribution in [0.1, 0.15) is 55.0 Å². The van der Waals surface area contributed by atoms with Crippen molar-refractivity contribution in [3.63, 3.8) is 0 Å². The van der Waals surface area contributed by atoms with E-state index in [4.69, 9.17) is 15.4 Å². The molecule has 0 aliphatic heterocycles. The highest BCUT2D eigenvalue weighted by Crippen LogP contribution is 2.44. The van der Waals surface area contributed by atoms with Gasteiger partial charge in [0.2, 0.25) is 0 Å². The van der Waals surface area contributed by atoms with Crippen molar-refractivity contribution in [3.05, 3.63) is 21.4 Å². The molecule has 0 bridgehead atoms. The molecule has 1 heterocycles. The first-order chi connectivity index (χ1) is 9.65. The summed E-state index contributed by atoms with van der Waals surface area (Å²) in [6.45, 7) is 11.4. The molecular weight excluding hydrogens is 300 g/mol. The Labute approximate surface area is 132 Å². The smallest absolute Gasteiger partial charge is 0.192 e. The van der Waals surface area contributed by atoms with Gasteiger partial charge < -0.3 is 15.4 Å². The third-order valence-electron chi connectivity index (χ3n) is 4.66. The normalized spacial score (nSPS) is 20.4. The Morgan fingerprint density at radius 3 is 2.71 bits per heavy atom. The Morgan fingerprint density at radius 2 is 2.14 bits per heavy atom. The van der Waals surface area contributed by atoms with Gasteiger partial charge in [-0.05, 0) is 49.0 Å². The van der Waals surface area contributed by atoms with Gasteiger partial charge in [0.05, 0.1) is 11.0 Å². The van der Waals surface area contributed by atoms with Crippen molar-refractivity contribution in [2.24, 2.45) is 10.9 Å². The van der Waals surface area contributed by atoms with Crippen molar-refractivity contribution in [2.75, 3.05) is 0 Å². The second-order valence-corrected chi connectivity index (χ2v) is 13.1. The summed E-state index contributed by atoms with van der Waals surface area (Å²) in [4.78, 5) is 2.17. The Kier molecular flexibility index (Phi) is 4.51. The van der Waals surface area contributed by atoms with Crippen molar-refractivity contribution in [1.29, 1.82) is 0 Å². The van der Waals surface area contributed by atoms with E-state index >= 15 is 0 Å². The van der Waals surface area contributed by atoms with E-state index in [0.717, 1.165) is 24.1 Å². The van der Waals surface area contributed by atoms with E-state index in [2.05, 4.69) is 39.0 Å². The van der Waals surface area contributed by atoms with E-state index in [1.807, 2.05) is 6.07 Å². The molecule has 118 valence electrons. The summed E-state index contributed by atoms with van der Waals surface area (Å²) in [5.41, 5.74) is 6.97. The molecule has 4 nitrogen and oxygen atoms in total. The third kappa shape index (κ3) is 3.33. The first kappa shape index (κ1) is 16.5. The van der Waals surface area contributed by atoms with E-state index in [1.54, 1.807) is 11.3 Å². The second-order valence-electron chi connectivity index (χ2n) is 7.23. The molecule has 1 aliphatic rings. The quantitative estimate of drug-likeness (QED) is 0.287. The molecular formula is C15H26N2O2SSi. The average Bonchev–Trinajstić information content (AvgIpc) is 2.81. The van der Waals surface area contributed by atoms with Crippen LogP contribution < -0.4 is 5.73 Å². The fourth-order valence-electron chi connectivity index (χ4n) is 2.34. The maximum atomic E-state index is 8.85. The molecule has 1 unspecified atom stereocenters. The fraction of sp³-hybridized carbons (Fsp3) is 0.667. The Bertz CT molecular complexity index is 546. The fourth-order valence-corrected chi connectivity index (χ4v) is 4.81. The summed E-state index contributed by atoms with van der Waals surface area (Å²) in [6.07, 6.45) is 3.43. The zero-order valence-electron chi connectivity index (χ0n) is 13.6. The van der Waals surface area contributed by atoms with Gasteiger partial charge in [-0.15, -0.1) is 11.3 Å². The van der Waals surface area contributed by atoms with Crippen molar-refractivity contribution < 1.29 is 9.63 Å². The van der Waals surface area contributed by atoms with Gasteiger partial charge in [-0.3, -0.25) is 0 Å². The van der Waals surface area contributed by atoms with Crippen LogP contribution in [0.15, 0.2) is 11.2 Å². The minimum Gasteiger partial charge on any atom is -0.410 e. The largest absolute Gasteiger partial charge is 0.410 e. The van der Waals surface area contributed by atoms with Gasteiger partial charge in [-0.1, -0.05) is 25.9 Å². The lowest BCUT2D eigenvalue weighted by Gasteiger charge is -2.40. The minimum atomic E-state index is -1.79. The number of oxime groups is 1. The van der Waals surface area contributed by atoms with Gasteiger partial charge in [0.15, 0.2) is 14.2 Å². The highest BCUT2D eigenvalue weighted by atomic mass is 32.1. The van der Waals surface area contributed by atoms with Crippen LogP contribution in [0.5, 0.6) is 0 Å². The van der Waals surface area contributed by atoms with E-state index in [9.17, 15) is 0 Å². The van der Waals surface area contributed by atoms with Crippen molar-refractivity contribution in [2.45, 2.75) is 64.3 Å². The molecule has 1 aliphatic carbocycles. The third-order valence-corrected chi connectivity index (χ3v) is 10.4. The number of nitrogens with two attached hydrogens (primary N) is 1. The molecule has 2 rings (SSSR count). The molecule has 21 heavy (non-hydrogen) atoms. The van der Waals surface area contributed by atoms with E-state index in [0.29, 0.717) is 0 Å². The topological polar surface area (TPSA) is 67.8 Å². The second kappa shape index (κ2) is 5.74. The molecule has 6 heteroatoms. The molecule has 0 aromatic carbocycles. The van der Waals surface area contributed by atoms with E-state index in [-0.39, 0.29) is 17.0 Å². The van der Waals surface area contributed by atoms with Crippen molar-refractivity contribution >= 4 is 25.5 Å². The predicted molar refractivity (Wildman–Crippen MR) is 90.8 cm³/mol. The lowest BCUT2D eigenvalue weighted by molar-refractivity contribution is 0.164. The molecule has 1 atom stereocenters. The molecule has 0 saturated heterocycles. The number of aryl methyl sites for hydroxylation is 1. The van der Waals surface area contributed by atoms with E-state index < -0.39 is 8.32 Å². The van der Waals surface area contributed by atoms with Gasteiger partial charge in [-0.2, -0.15) is 0 Å². The van der Waals surface area contributed by atoms with Crippen LogP contribution >= 0.6 is 11.3 Å². The monoisotopic (exact) mass is 326 g/mol. The van der Waals surface area contributed by atoms with Crippen LogP contribution in [0, 0.1) is 0 Å². The molecule has 0 fully saturated rings. The summed E-state index contributed by atoms with van der Waals surface area (Å²) < 4.78 is 6.60. The summed E-state index contributed by atoms with van der Waals surface area (Å²) in [6, 6.07) is 2.05. The highest BCUT2D eigenvalue weighted by Gasteiger charge is 2.40. The number of thiophene rings is 1. The highest BCUT2D eigenvalue weighted by molar-refractivity contribution is 7.14. The molecule has 0 saturated carbocycles. The molecule has 3 N–H and O–H groups in total. The van der Waals surface area contributed by atoms with Crippen LogP contribution in [-0.2, 0) is 10.8 Å². The standard InChI is InChI=1S/C15H26N2O2SSi/c1-15(2,3)21(4,5)19-11-7-6-8-12-10(11)9-13(20-12)14(16)17-18/h9,11,18H,6-8H2,1-5H3,(H2,16,17). The molecule has 0 spiro atoms. The van der Waals surface area contributed by atoms with Crippen LogP contribution in [0.3, 0.4) is 0 Å². The summed E-state index contributed by atoms with van der Waals surface area (Å²) in [5, 5.41) is 12.2. The van der Waals surface area contributed by atoms with Crippen molar-refractivity contribution in [1.82, 2.24) is 0 Å². The first-order valence-corrected chi connectivity index (χ1v) is 11.2. The van der Waals surface area contributed by atoms with Crippen LogP contribution in [0.4, 0.5) is 0 Å². The first-order valence-electron chi connectivity index (χ1n) is 7.44. The van der Waals surface area contributed by atoms with Crippen LogP contribution in [-0.4, -0.2) is 19.4 Å². The molecule has 1 aromatic heterocycles. The van der Waals surface area contributed by atoms with Gasteiger partial charge >= 0.3 is 0 Å². The number of rotatable bonds is 3. The molecule has 0 radical (unpaired) electrons. The lowest BCUT2D eigenvalue weighted by Crippen LogP contribution is -2.42. The van der Waals surface area contributed by atoms with Crippen molar-refractivity contribution in [3.8, 4) is 0 Å². The predicted octanol–water partition coefficient (Wildman–Crippen LogP) is 4.24. The summed E-state index contributed by atoms with van der Waals surface area (Å²) in [7, 11) is -1.79. The molecule has 1 aromatic rings. The number of hydrogen-bond donors (Lipinski definition) is 2. The lowest BCUT2D eigenvalue weighted by atomic mass is 9.96.